The molecule has 0 saturated carbocycles. The van der Waals surface area contributed by atoms with E-state index in [9.17, 15) is 0 Å². The van der Waals surface area contributed by atoms with Gasteiger partial charge in [-0.05, 0) is 44.0 Å². The van der Waals surface area contributed by atoms with E-state index in [1.807, 2.05) is 18.2 Å². The lowest BCUT2D eigenvalue weighted by molar-refractivity contribution is 0.300. The number of nitrogens with one attached hydrogen (secondary N) is 1. The minimum Gasteiger partial charge on any atom is -0.491 e. The summed E-state index contributed by atoms with van der Waals surface area (Å²) < 4.78 is 5.94. The molecular formula is C17H22ClNO. The lowest BCUT2D eigenvalue weighted by Gasteiger charge is -2.18. The predicted octanol–water partition coefficient (Wildman–Crippen LogP) is 4.60. The zero-order valence-corrected chi connectivity index (χ0v) is 13.0. The standard InChI is InChI=1S/C17H21NO.ClH/c1-13-8-7-9-14(2)17(13)19-12-15(3)18-16-10-5-4-6-11-16;/h4-11,15,18H,12H2,1-3H3;1H. The van der Waals surface area contributed by atoms with E-state index in [-0.39, 0.29) is 18.4 Å². The first kappa shape index (κ1) is 16.4. The third-order valence-electron chi connectivity index (χ3n) is 3.07. The molecule has 2 nitrogen and oxygen atoms in total. The minimum atomic E-state index is 0. The highest BCUT2D eigenvalue weighted by Gasteiger charge is 2.06. The summed E-state index contributed by atoms with van der Waals surface area (Å²) >= 11 is 0. The van der Waals surface area contributed by atoms with Crippen molar-refractivity contribution in [1.82, 2.24) is 0 Å². The van der Waals surface area contributed by atoms with Crippen molar-refractivity contribution in [3.05, 3.63) is 59.7 Å². The second kappa shape index (κ2) is 7.81. The average Bonchev–Trinajstić information content (AvgIpc) is 2.39. The Balaban J connectivity index is 0.00000200. The SMILES string of the molecule is Cc1cccc(C)c1OCC(C)Nc1ccccc1.Cl. The number of ether oxygens (including phenoxy) is 1. The van der Waals surface area contributed by atoms with Gasteiger partial charge in [0.1, 0.15) is 12.4 Å². The summed E-state index contributed by atoms with van der Waals surface area (Å²) in [4.78, 5) is 0. The molecule has 2 aromatic carbocycles. The van der Waals surface area contributed by atoms with Crippen LogP contribution in [-0.2, 0) is 0 Å². The molecule has 0 amide bonds. The second-order valence-corrected chi connectivity index (χ2v) is 4.94. The molecule has 0 spiro atoms. The molecule has 1 atom stereocenters. The summed E-state index contributed by atoms with van der Waals surface area (Å²) in [5, 5.41) is 3.43. The van der Waals surface area contributed by atoms with Crippen LogP contribution in [0.1, 0.15) is 18.1 Å². The fraction of sp³-hybridized carbons (Fsp3) is 0.294. The van der Waals surface area contributed by atoms with E-state index in [0.29, 0.717) is 6.61 Å². The summed E-state index contributed by atoms with van der Waals surface area (Å²) in [7, 11) is 0. The lowest BCUT2D eigenvalue weighted by Crippen LogP contribution is -2.23. The number of para-hydroxylation sites is 2. The molecule has 0 bridgehead atoms. The fourth-order valence-corrected chi connectivity index (χ4v) is 2.10. The molecule has 0 aromatic heterocycles. The van der Waals surface area contributed by atoms with Gasteiger partial charge in [0, 0.05) is 5.69 Å². The van der Waals surface area contributed by atoms with Crippen molar-refractivity contribution in [3.63, 3.8) is 0 Å². The summed E-state index contributed by atoms with van der Waals surface area (Å²) in [6, 6.07) is 16.7. The number of halogens is 1. The van der Waals surface area contributed by atoms with Gasteiger partial charge in [0.15, 0.2) is 0 Å². The number of benzene rings is 2. The van der Waals surface area contributed by atoms with Crippen LogP contribution in [0.2, 0.25) is 0 Å². The highest BCUT2D eigenvalue weighted by Crippen LogP contribution is 2.22. The van der Waals surface area contributed by atoms with Gasteiger partial charge in [0.25, 0.3) is 0 Å². The third kappa shape index (κ3) is 4.46. The minimum absolute atomic E-state index is 0. The number of hydrogen-bond donors (Lipinski definition) is 1. The van der Waals surface area contributed by atoms with E-state index < -0.39 is 0 Å². The lowest BCUT2D eigenvalue weighted by atomic mass is 10.1. The Morgan fingerprint density at radius 1 is 0.950 bits per heavy atom. The number of anilines is 1. The zero-order chi connectivity index (χ0) is 13.7. The maximum Gasteiger partial charge on any atom is 0.125 e. The molecule has 2 aromatic rings. The molecular weight excluding hydrogens is 270 g/mol. The molecule has 0 aliphatic heterocycles. The van der Waals surface area contributed by atoms with Gasteiger partial charge in [-0.15, -0.1) is 12.4 Å². The number of rotatable bonds is 5. The van der Waals surface area contributed by atoms with Gasteiger partial charge in [0.05, 0.1) is 6.04 Å². The summed E-state index contributed by atoms with van der Waals surface area (Å²) in [6.45, 7) is 6.94. The molecule has 1 N–H and O–H groups in total. The van der Waals surface area contributed by atoms with Gasteiger partial charge in [-0.2, -0.15) is 0 Å². The summed E-state index contributed by atoms with van der Waals surface area (Å²) in [5.74, 6) is 1.00. The van der Waals surface area contributed by atoms with Crippen LogP contribution in [0.15, 0.2) is 48.5 Å². The maximum absolute atomic E-state index is 5.94. The third-order valence-corrected chi connectivity index (χ3v) is 3.07. The Kier molecular flexibility index (Phi) is 6.40. The first-order valence-electron chi connectivity index (χ1n) is 6.67. The maximum atomic E-state index is 5.94. The zero-order valence-electron chi connectivity index (χ0n) is 12.2. The number of hydrogen-bond acceptors (Lipinski definition) is 2. The van der Waals surface area contributed by atoms with E-state index >= 15 is 0 Å². The molecule has 0 aliphatic carbocycles. The Hall–Kier alpha value is -1.67. The van der Waals surface area contributed by atoms with Crippen molar-refractivity contribution in [1.29, 1.82) is 0 Å². The predicted molar refractivity (Wildman–Crippen MR) is 88.2 cm³/mol. The smallest absolute Gasteiger partial charge is 0.125 e. The van der Waals surface area contributed by atoms with Gasteiger partial charge in [-0.25, -0.2) is 0 Å². The highest BCUT2D eigenvalue weighted by atomic mass is 35.5. The molecule has 20 heavy (non-hydrogen) atoms. The van der Waals surface area contributed by atoms with Crippen molar-refractivity contribution in [2.45, 2.75) is 26.8 Å². The van der Waals surface area contributed by atoms with Crippen molar-refractivity contribution in [2.24, 2.45) is 0 Å². The van der Waals surface area contributed by atoms with Crippen LogP contribution in [0.5, 0.6) is 5.75 Å². The molecule has 108 valence electrons. The van der Waals surface area contributed by atoms with Crippen LogP contribution in [0.25, 0.3) is 0 Å². The largest absolute Gasteiger partial charge is 0.491 e. The first-order valence-corrected chi connectivity index (χ1v) is 6.67. The Bertz CT molecular complexity index is 508. The topological polar surface area (TPSA) is 21.3 Å². The van der Waals surface area contributed by atoms with Crippen molar-refractivity contribution in [3.8, 4) is 5.75 Å². The van der Waals surface area contributed by atoms with Crippen LogP contribution in [0.3, 0.4) is 0 Å². The Morgan fingerprint density at radius 2 is 1.55 bits per heavy atom. The number of aryl methyl sites for hydroxylation is 2. The molecule has 2 rings (SSSR count). The molecule has 0 fully saturated rings. The monoisotopic (exact) mass is 291 g/mol. The van der Waals surface area contributed by atoms with E-state index in [2.05, 4.69) is 56.4 Å². The van der Waals surface area contributed by atoms with Gasteiger partial charge in [-0.1, -0.05) is 36.4 Å². The Morgan fingerprint density at radius 3 is 2.15 bits per heavy atom. The van der Waals surface area contributed by atoms with Gasteiger partial charge >= 0.3 is 0 Å². The molecule has 0 aliphatic rings. The summed E-state index contributed by atoms with van der Waals surface area (Å²) in [5.41, 5.74) is 3.50. The van der Waals surface area contributed by atoms with E-state index in [1.165, 1.54) is 11.1 Å². The van der Waals surface area contributed by atoms with E-state index in [0.717, 1.165) is 11.4 Å². The molecule has 0 heterocycles. The molecule has 0 radical (unpaired) electrons. The van der Waals surface area contributed by atoms with Gasteiger partial charge in [-0.3, -0.25) is 0 Å². The van der Waals surface area contributed by atoms with E-state index in [4.69, 9.17) is 4.74 Å². The van der Waals surface area contributed by atoms with Gasteiger partial charge < -0.3 is 10.1 Å². The first-order chi connectivity index (χ1) is 9.16. The van der Waals surface area contributed by atoms with Gasteiger partial charge in [0.2, 0.25) is 0 Å². The second-order valence-electron chi connectivity index (χ2n) is 4.94. The van der Waals surface area contributed by atoms with E-state index in [1.54, 1.807) is 0 Å². The molecule has 0 saturated heterocycles. The molecule has 1 unspecified atom stereocenters. The van der Waals surface area contributed by atoms with Crippen molar-refractivity contribution >= 4 is 18.1 Å². The van der Waals surface area contributed by atoms with Crippen LogP contribution < -0.4 is 10.1 Å². The van der Waals surface area contributed by atoms with Crippen molar-refractivity contribution in [2.75, 3.05) is 11.9 Å². The Labute approximate surface area is 127 Å². The van der Waals surface area contributed by atoms with Crippen LogP contribution in [0, 0.1) is 13.8 Å². The normalized spacial score (nSPS) is 11.3. The van der Waals surface area contributed by atoms with Crippen LogP contribution >= 0.6 is 12.4 Å². The highest BCUT2D eigenvalue weighted by molar-refractivity contribution is 5.85. The van der Waals surface area contributed by atoms with Crippen molar-refractivity contribution < 1.29 is 4.74 Å². The molecule has 3 heteroatoms. The summed E-state index contributed by atoms with van der Waals surface area (Å²) in [6.07, 6.45) is 0. The van der Waals surface area contributed by atoms with Crippen LogP contribution in [0.4, 0.5) is 5.69 Å². The fourth-order valence-electron chi connectivity index (χ4n) is 2.10. The van der Waals surface area contributed by atoms with Crippen LogP contribution in [-0.4, -0.2) is 12.6 Å². The quantitative estimate of drug-likeness (QED) is 0.869. The average molecular weight is 292 g/mol.